The molecule has 3 atom stereocenters. The zero-order chi connectivity index (χ0) is 58.0. The first kappa shape index (κ1) is 58.3. The number of fused-ring (bicyclic) bond motifs is 2. The minimum atomic E-state index is -0.954. The normalized spacial score (nSPS) is 17.4. The Bertz CT molecular complexity index is 3150. The van der Waals surface area contributed by atoms with E-state index < -0.39 is 23.3 Å². The third-order valence-electron chi connectivity index (χ3n) is 14.7. The van der Waals surface area contributed by atoms with Gasteiger partial charge >= 0.3 is 0 Å². The summed E-state index contributed by atoms with van der Waals surface area (Å²) in [7, 11) is 6.58. The van der Waals surface area contributed by atoms with Gasteiger partial charge < -0.3 is 49.4 Å². The Labute approximate surface area is 471 Å². The number of ether oxygens (including phenoxy) is 5. The number of carbonyl (C=O) groups excluding carboxylic acids is 7. The van der Waals surface area contributed by atoms with Crippen molar-refractivity contribution in [3.05, 3.63) is 107 Å². The molecule has 3 unspecified atom stereocenters. The Morgan fingerprint density at radius 2 is 1.43 bits per heavy atom. The molecule has 20 nitrogen and oxygen atoms in total. The highest BCUT2D eigenvalue weighted by atomic mass is 16.5. The predicted molar refractivity (Wildman–Crippen MR) is 307 cm³/mol. The Morgan fingerprint density at radius 1 is 0.778 bits per heavy atom. The van der Waals surface area contributed by atoms with Gasteiger partial charge in [-0.15, -0.1) is 0 Å². The zero-order valence-electron chi connectivity index (χ0n) is 47.0. The summed E-state index contributed by atoms with van der Waals surface area (Å²) in [4.78, 5) is 104. The summed E-state index contributed by atoms with van der Waals surface area (Å²) in [5.41, 5.74) is 5.19. The molecule has 4 aromatic rings. The standard InChI is InChI=1S/C61H70N8O12/c1-37(2)56(66-54(71)13-10-9-11-22-68-59(75)61(3,4)60(68)76)57(73)64-33-55(72)65-43-18-14-38(15-19-43)40-25-44(67(5)34-40)31-62-48-29-52(50(78-7)27-42(48)36-70)80-23-12-24-81-53-30-49-47(28-51(53)79-8)58(74)69-35-41(26-45(69)32-63-49)39-16-20-46(77-6)21-17-39/h14-21,27-32,34-37,44-45,56H,9-13,22-26,33H2,1-8H3,(H,64,73)(H,65,72)(H,66,71)/b62-31-. The van der Waals surface area contributed by atoms with Crippen molar-refractivity contribution in [2.75, 3.05) is 60.0 Å². The average Bonchev–Trinajstić information content (AvgIpc) is 4.20. The summed E-state index contributed by atoms with van der Waals surface area (Å²) in [5, 5.41) is 8.22. The SMILES string of the molecule is COc1ccc(C2=CN3C(=O)c4cc(OC)c(OCCCOc5cc(/N=C\C6CC(c7ccc(NC(=O)CNC(=O)C(NC(=O)CCCCCN8C(=O)C(C)(C)C8=O)C(C)C)cc7)=CN6C)c(C=O)cc5OC)cc4N=CC3C2)cc1. The van der Waals surface area contributed by atoms with Crippen LogP contribution in [0.25, 0.3) is 11.1 Å². The first-order valence-electron chi connectivity index (χ1n) is 27.1. The van der Waals surface area contributed by atoms with Crippen LogP contribution >= 0.6 is 0 Å². The molecule has 1 fully saturated rings. The third-order valence-corrected chi connectivity index (χ3v) is 14.7. The molecule has 81 heavy (non-hydrogen) atoms. The lowest BCUT2D eigenvalue weighted by molar-refractivity contribution is -0.174. The number of likely N-dealkylation sites (tertiary alicyclic amines) is 1. The number of nitrogens with one attached hydrogen (secondary N) is 3. The van der Waals surface area contributed by atoms with E-state index in [4.69, 9.17) is 33.7 Å². The van der Waals surface area contributed by atoms with Gasteiger partial charge in [0.1, 0.15) is 17.2 Å². The molecule has 20 heteroatoms. The Kier molecular flexibility index (Phi) is 18.7. The number of benzene rings is 4. The molecule has 4 aliphatic heterocycles. The number of imide groups is 1. The van der Waals surface area contributed by atoms with E-state index in [9.17, 15) is 33.6 Å². The fourth-order valence-corrected chi connectivity index (χ4v) is 9.89. The molecule has 0 bridgehead atoms. The molecule has 0 spiro atoms. The topological polar surface area (TPSA) is 236 Å². The van der Waals surface area contributed by atoms with Crippen molar-refractivity contribution in [3.8, 4) is 28.7 Å². The van der Waals surface area contributed by atoms with Crippen LogP contribution in [0.4, 0.5) is 17.1 Å². The van der Waals surface area contributed by atoms with E-state index >= 15 is 0 Å². The number of β-lactam (4-membered cyclic amide) rings is 2. The maximum absolute atomic E-state index is 13.9. The fourth-order valence-electron chi connectivity index (χ4n) is 9.89. The van der Waals surface area contributed by atoms with Gasteiger partial charge in [0.15, 0.2) is 29.3 Å². The summed E-state index contributed by atoms with van der Waals surface area (Å²) in [6, 6.07) is 20.5. The number of rotatable bonds is 26. The third kappa shape index (κ3) is 13.6. The monoisotopic (exact) mass is 1110 g/mol. The van der Waals surface area contributed by atoms with Crippen molar-refractivity contribution >= 4 is 82.4 Å². The summed E-state index contributed by atoms with van der Waals surface area (Å²) in [6.07, 6.45) is 11.8. The molecule has 4 aromatic carbocycles. The van der Waals surface area contributed by atoms with E-state index in [2.05, 4.69) is 16.0 Å². The molecule has 4 aliphatic rings. The minimum Gasteiger partial charge on any atom is -0.497 e. The van der Waals surface area contributed by atoms with Crippen LogP contribution in [0.3, 0.4) is 0 Å². The summed E-state index contributed by atoms with van der Waals surface area (Å²) in [5.74, 6) is 0.346. The van der Waals surface area contributed by atoms with Gasteiger partial charge in [-0.05, 0) is 97.7 Å². The van der Waals surface area contributed by atoms with E-state index in [1.807, 2.05) is 60.7 Å². The highest BCUT2D eigenvalue weighted by Crippen LogP contribution is 2.41. The lowest BCUT2D eigenvalue weighted by Crippen LogP contribution is -2.63. The number of aliphatic imine (C=N–C) groups is 2. The van der Waals surface area contributed by atoms with Gasteiger partial charge in [0.05, 0.1) is 70.1 Å². The van der Waals surface area contributed by atoms with Gasteiger partial charge in [0.2, 0.25) is 29.5 Å². The molecular weight excluding hydrogens is 1040 g/mol. The molecule has 1 saturated heterocycles. The van der Waals surface area contributed by atoms with Gasteiger partial charge in [-0.25, -0.2) is 0 Å². The predicted octanol–water partition coefficient (Wildman–Crippen LogP) is 7.94. The minimum absolute atomic E-state index is 0.139. The Morgan fingerprint density at radius 3 is 2.09 bits per heavy atom. The van der Waals surface area contributed by atoms with Crippen molar-refractivity contribution in [1.29, 1.82) is 0 Å². The highest BCUT2D eigenvalue weighted by molar-refractivity contribution is 6.21. The number of nitrogens with zero attached hydrogens (tertiary/aromatic N) is 5. The Balaban J connectivity index is 0.780. The number of methoxy groups -OCH3 is 3. The van der Waals surface area contributed by atoms with Gasteiger partial charge in [-0.1, -0.05) is 44.5 Å². The van der Waals surface area contributed by atoms with Gasteiger partial charge in [-0.2, -0.15) is 0 Å². The molecule has 4 heterocycles. The van der Waals surface area contributed by atoms with E-state index in [1.54, 1.807) is 88.5 Å². The lowest BCUT2D eigenvalue weighted by Gasteiger charge is -2.41. The smallest absolute Gasteiger partial charge is 0.260 e. The number of amides is 6. The number of carbonyl (C=O) groups is 7. The highest BCUT2D eigenvalue weighted by Gasteiger charge is 2.53. The maximum atomic E-state index is 13.9. The van der Waals surface area contributed by atoms with Gasteiger partial charge in [0.25, 0.3) is 5.91 Å². The van der Waals surface area contributed by atoms with E-state index in [1.165, 1.54) is 19.1 Å². The van der Waals surface area contributed by atoms with Crippen molar-refractivity contribution in [3.63, 3.8) is 0 Å². The van der Waals surface area contributed by atoms with Crippen LogP contribution in [0, 0.1) is 11.3 Å². The average molecular weight is 1110 g/mol. The van der Waals surface area contributed by atoms with Crippen LogP contribution in [0.2, 0.25) is 0 Å². The van der Waals surface area contributed by atoms with Crippen LogP contribution in [0.15, 0.2) is 95.2 Å². The molecule has 426 valence electrons. The zero-order valence-corrected chi connectivity index (χ0v) is 47.0. The molecule has 0 radical (unpaired) electrons. The van der Waals surface area contributed by atoms with E-state index in [0.29, 0.717) is 96.3 Å². The van der Waals surface area contributed by atoms with Crippen LogP contribution in [0.5, 0.6) is 28.7 Å². The van der Waals surface area contributed by atoms with Gasteiger partial charge in [0, 0.05) is 81.1 Å². The van der Waals surface area contributed by atoms with Crippen LogP contribution in [-0.4, -0.2) is 142 Å². The lowest BCUT2D eigenvalue weighted by atomic mass is 9.82. The number of anilines is 1. The largest absolute Gasteiger partial charge is 0.497 e. The van der Waals surface area contributed by atoms with E-state index in [-0.39, 0.29) is 67.8 Å². The molecule has 0 aromatic heterocycles. The first-order valence-corrected chi connectivity index (χ1v) is 27.1. The number of hydrogen-bond acceptors (Lipinski definition) is 15. The number of hydrogen-bond donors (Lipinski definition) is 3. The Hall–Kier alpha value is -8.81. The molecule has 8 rings (SSSR count). The van der Waals surface area contributed by atoms with Crippen molar-refractivity contribution in [2.24, 2.45) is 21.3 Å². The summed E-state index contributed by atoms with van der Waals surface area (Å²) in [6.45, 7) is 7.34. The molecule has 6 amide bonds. The quantitative estimate of drug-likeness (QED) is 0.0178. The summed E-state index contributed by atoms with van der Waals surface area (Å²) >= 11 is 0. The van der Waals surface area contributed by atoms with Crippen molar-refractivity contribution in [1.82, 2.24) is 25.3 Å². The maximum Gasteiger partial charge on any atom is 0.260 e. The number of aldehydes is 1. The van der Waals surface area contributed by atoms with Crippen LogP contribution in [-0.2, 0) is 24.0 Å². The molecule has 3 N–H and O–H groups in total. The first-order chi connectivity index (χ1) is 38.9. The van der Waals surface area contributed by atoms with Crippen LogP contribution in [0.1, 0.15) is 104 Å². The summed E-state index contributed by atoms with van der Waals surface area (Å²) < 4.78 is 28.9. The second-order valence-electron chi connectivity index (χ2n) is 21.1. The second-order valence-corrected chi connectivity index (χ2v) is 21.1. The molecule has 0 saturated carbocycles. The molecular formula is C61H70N8O12. The second kappa shape index (κ2) is 26.0. The van der Waals surface area contributed by atoms with Crippen molar-refractivity contribution in [2.45, 2.75) is 90.8 Å². The molecule has 0 aliphatic carbocycles. The van der Waals surface area contributed by atoms with Crippen molar-refractivity contribution < 1.29 is 57.2 Å². The van der Waals surface area contributed by atoms with Crippen LogP contribution < -0.4 is 39.6 Å². The van der Waals surface area contributed by atoms with E-state index in [0.717, 1.165) is 34.3 Å². The fraction of sp³-hybridized carbons (Fsp3) is 0.393. The van der Waals surface area contributed by atoms with Gasteiger partial charge in [-0.3, -0.25) is 48.4 Å². The number of unbranched alkanes of at least 4 members (excludes halogenated alkanes) is 2.